The van der Waals surface area contributed by atoms with Crippen LogP contribution in [0.15, 0.2) is 0 Å². The molecular formula is C4H8BaO6Ti. The van der Waals surface area contributed by atoms with Crippen LogP contribution in [-0.4, -0.2) is 93.5 Å². The van der Waals surface area contributed by atoms with E-state index in [-0.39, 0.29) is 70.6 Å². The molecule has 8 heteroatoms. The van der Waals surface area contributed by atoms with Gasteiger partial charge in [0.25, 0.3) is 0 Å². The molecule has 12 heavy (non-hydrogen) atoms. The van der Waals surface area contributed by atoms with Crippen molar-refractivity contribution in [1.82, 2.24) is 0 Å². The van der Waals surface area contributed by atoms with E-state index in [1.54, 1.807) is 0 Å². The molecule has 4 N–H and O–H groups in total. The van der Waals surface area contributed by atoms with Crippen LogP contribution >= 0.6 is 0 Å². The summed E-state index contributed by atoms with van der Waals surface area (Å²) in [5, 5.41) is 32.5. The molecule has 0 aromatic carbocycles. The Morgan fingerprint density at radius 2 is 1.08 bits per heavy atom. The summed E-state index contributed by atoms with van der Waals surface area (Å²) in [6.45, 7) is 0. The summed E-state index contributed by atoms with van der Waals surface area (Å²) < 4.78 is 0. The van der Waals surface area contributed by atoms with Crippen LogP contribution in [0.3, 0.4) is 0 Å². The van der Waals surface area contributed by atoms with E-state index in [0.29, 0.717) is 0 Å². The van der Waals surface area contributed by atoms with Crippen LogP contribution in [0.25, 0.3) is 0 Å². The molecule has 0 fully saturated rings. The molecule has 6 nitrogen and oxygen atoms in total. The second kappa shape index (κ2) is 8.73. The average Bonchev–Trinajstić information content (AvgIpc) is 1.84. The molecule has 0 radical (unpaired) electrons. The number of rotatable bonds is 3. The van der Waals surface area contributed by atoms with Crippen molar-refractivity contribution in [1.29, 1.82) is 0 Å². The molecule has 0 spiro atoms. The molecule has 0 amide bonds. The molecule has 0 aliphatic rings. The van der Waals surface area contributed by atoms with Crippen molar-refractivity contribution in [3.8, 4) is 0 Å². The number of aliphatic hydroxyl groups is 2. The summed E-state index contributed by atoms with van der Waals surface area (Å²) in [4.78, 5) is 19.5. The van der Waals surface area contributed by atoms with Gasteiger partial charge in [-0.3, -0.25) is 0 Å². The fourth-order valence-electron chi connectivity index (χ4n) is 0.270. The minimum absolute atomic E-state index is 0. The number of carboxylic acids is 2. The Morgan fingerprint density at radius 1 is 0.917 bits per heavy atom. The zero-order valence-electron chi connectivity index (χ0n) is 5.26. The van der Waals surface area contributed by atoms with Gasteiger partial charge in [-0.25, -0.2) is 9.59 Å². The minimum Gasteiger partial charge on any atom is 0 e. The van der Waals surface area contributed by atoms with E-state index in [9.17, 15) is 9.59 Å². The number of carboxylic acid groups (broad SMARTS) is 2. The van der Waals surface area contributed by atoms with Crippen LogP contribution in [0, 0.1) is 0 Å². The largest absolute Gasteiger partial charge is 0 e. The summed E-state index contributed by atoms with van der Waals surface area (Å²) in [5.41, 5.74) is 0. The molecule has 2 unspecified atom stereocenters. The molecule has 0 aromatic heterocycles. The SMILES string of the molecule is O=C(O)C(O)C(O)C(=O)O.[BaH2].[Ti]. The maximum absolute atomic E-state index is 9.77. The zero-order valence-corrected chi connectivity index (χ0v) is 6.82. The topological polar surface area (TPSA) is 115 Å². The molecule has 66 valence electrons. The van der Waals surface area contributed by atoms with Gasteiger partial charge in [0.2, 0.25) is 0 Å². The van der Waals surface area contributed by atoms with Gasteiger partial charge in [-0.15, -0.1) is 0 Å². The third-order valence-electron chi connectivity index (χ3n) is 0.805. The maximum atomic E-state index is 9.77. The standard InChI is InChI=1S/C4H6O6.Ba.Ti.2H/c5-1(3(7)8)2(6)4(9)10;;;;/h1-2,5-6H,(H,7,8)(H,9,10);;;;. The Morgan fingerprint density at radius 3 is 1.17 bits per heavy atom. The van der Waals surface area contributed by atoms with Crippen molar-refractivity contribution in [3.63, 3.8) is 0 Å². The van der Waals surface area contributed by atoms with Gasteiger partial charge in [-0.1, -0.05) is 0 Å². The Bertz CT molecular complexity index is 144. The van der Waals surface area contributed by atoms with Gasteiger partial charge in [0.05, 0.1) is 0 Å². The van der Waals surface area contributed by atoms with Crippen molar-refractivity contribution in [3.05, 3.63) is 0 Å². The summed E-state index contributed by atoms with van der Waals surface area (Å²) in [5.74, 6) is -3.54. The van der Waals surface area contributed by atoms with Crippen LogP contribution in [0.5, 0.6) is 0 Å². The van der Waals surface area contributed by atoms with Gasteiger partial charge in [-0.2, -0.15) is 0 Å². The van der Waals surface area contributed by atoms with Crippen molar-refractivity contribution in [2.24, 2.45) is 0 Å². The van der Waals surface area contributed by atoms with E-state index in [0.717, 1.165) is 0 Å². The van der Waals surface area contributed by atoms with Crippen LogP contribution in [-0.2, 0) is 31.3 Å². The fourth-order valence-corrected chi connectivity index (χ4v) is 0.270. The molecule has 0 saturated carbocycles. The van der Waals surface area contributed by atoms with E-state index in [1.165, 1.54) is 0 Å². The van der Waals surface area contributed by atoms with Crippen molar-refractivity contribution >= 4 is 60.8 Å². The molecular weight excluding hydrogens is 329 g/mol. The zero-order chi connectivity index (χ0) is 8.31. The number of aliphatic carboxylic acids is 2. The Balaban J connectivity index is -0.000000405. The first-order valence-electron chi connectivity index (χ1n) is 2.28. The quantitative estimate of drug-likeness (QED) is 0.407. The van der Waals surface area contributed by atoms with Crippen molar-refractivity contribution in [2.75, 3.05) is 0 Å². The van der Waals surface area contributed by atoms with Crippen LogP contribution in [0.2, 0.25) is 0 Å². The monoisotopic (exact) mass is 338 g/mol. The average molecular weight is 337 g/mol. The van der Waals surface area contributed by atoms with E-state index < -0.39 is 24.1 Å². The molecule has 0 aliphatic heterocycles. The minimum atomic E-state index is -2.27. The third kappa shape index (κ3) is 6.64. The molecule has 0 rings (SSSR count). The molecule has 0 heterocycles. The molecule has 0 bridgehead atoms. The first kappa shape index (κ1) is 18.8. The molecule has 0 aliphatic carbocycles. The van der Waals surface area contributed by atoms with Crippen LogP contribution in [0.4, 0.5) is 0 Å². The summed E-state index contributed by atoms with van der Waals surface area (Å²) >= 11 is 0. The van der Waals surface area contributed by atoms with E-state index >= 15 is 0 Å². The number of hydrogen-bond donors (Lipinski definition) is 4. The van der Waals surface area contributed by atoms with Gasteiger partial charge < -0.3 is 20.4 Å². The predicted octanol–water partition coefficient (Wildman–Crippen LogP) is -3.04. The Labute approximate surface area is 123 Å². The summed E-state index contributed by atoms with van der Waals surface area (Å²) in [6.07, 6.45) is -4.53. The summed E-state index contributed by atoms with van der Waals surface area (Å²) in [6, 6.07) is 0. The number of hydrogen-bond acceptors (Lipinski definition) is 4. The van der Waals surface area contributed by atoms with Gasteiger partial charge in [0.1, 0.15) is 0 Å². The maximum Gasteiger partial charge on any atom is 0 e. The van der Waals surface area contributed by atoms with Crippen molar-refractivity contribution in [2.45, 2.75) is 12.2 Å². The second-order valence-corrected chi connectivity index (χ2v) is 1.57. The van der Waals surface area contributed by atoms with Crippen LogP contribution < -0.4 is 0 Å². The Kier molecular flexibility index (Phi) is 13.7. The van der Waals surface area contributed by atoms with Gasteiger partial charge in [-0.05, 0) is 0 Å². The van der Waals surface area contributed by atoms with E-state index in [4.69, 9.17) is 20.4 Å². The van der Waals surface area contributed by atoms with E-state index in [1.807, 2.05) is 0 Å². The first-order chi connectivity index (χ1) is 4.46. The second-order valence-electron chi connectivity index (χ2n) is 1.57. The first-order valence-corrected chi connectivity index (χ1v) is 2.28. The molecule has 2 atom stereocenters. The summed E-state index contributed by atoms with van der Waals surface area (Å²) in [7, 11) is 0. The normalized spacial score (nSPS) is 13.2. The molecule has 0 aromatic rings. The number of carbonyl (C=O) groups is 2. The third-order valence-corrected chi connectivity index (χ3v) is 0.805. The predicted molar refractivity (Wildman–Crippen MR) is 35.8 cm³/mol. The van der Waals surface area contributed by atoms with Crippen LogP contribution in [0.1, 0.15) is 0 Å². The van der Waals surface area contributed by atoms with Gasteiger partial charge in [0, 0.05) is 21.7 Å². The Hall–Kier alpha value is 1.15. The number of aliphatic hydroxyl groups excluding tert-OH is 2. The molecule has 0 saturated heterocycles. The van der Waals surface area contributed by atoms with Gasteiger partial charge in [0.15, 0.2) is 12.2 Å². The van der Waals surface area contributed by atoms with Crippen molar-refractivity contribution < 1.29 is 51.7 Å². The smallest absolute Gasteiger partial charge is 0 e. The van der Waals surface area contributed by atoms with E-state index in [2.05, 4.69) is 0 Å². The fraction of sp³-hybridized carbons (Fsp3) is 0.500. The van der Waals surface area contributed by atoms with Gasteiger partial charge >= 0.3 is 60.8 Å².